The Morgan fingerprint density at radius 2 is 2.35 bits per heavy atom. The van der Waals surface area contributed by atoms with Crippen molar-refractivity contribution in [2.45, 2.75) is 32.2 Å². The van der Waals surface area contributed by atoms with Crippen molar-refractivity contribution < 1.29 is 4.79 Å². The number of amides is 1. The third-order valence-corrected chi connectivity index (χ3v) is 4.60. The molecule has 110 valence electrons. The van der Waals surface area contributed by atoms with Crippen molar-refractivity contribution in [3.63, 3.8) is 0 Å². The van der Waals surface area contributed by atoms with Gasteiger partial charge in [0, 0.05) is 24.8 Å². The first-order chi connectivity index (χ1) is 9.54. The predicted octanol–water partition coefficient (Wildman–Crippen LogP) is 1.46. The minimum Gasteiger partial charge on any atom is -0.336 e. The fourth-order valence-corrected chi connectivity index (χ4v) is 3.37. The largest absolute Gasteiger partial charge is 0.336 e. The first kappa shape index (κ1) is 15.1. The van der Waals surface area contributed by atoms with Crippen LogP contribution in [0.15, 0.2) is 6.20 Å². The Hall–Kier alpha value is -1.34. The van der Waals surface area contributed by atoms with Crippen molar-refractivity contribution in [3.8, 4) is 0 Å². The highest BCUT2D eigenvalue weighted by Gasteiger charge is 2.27. The number of carbonyl (C=O) groups is 1. The van der Waals surface area contributed by atoms with Gasteiger partial charge in [-0.25, -0.2) is 9.97 Å². The molecule has 1 amide bonds. The Bertz CT molecular complexity index is 488. The van der Waals surface area contributed by atoms with Crippen molar-refractivity contribution in [3.05, 3.63) is 17.7 Å². The number of rotatable bonds is 4. The normalized spacial score (nSPS) is 18.4. The fourth-order valence-electron chi connectivity index (χ4n) is 2.10. The molecule has 3 N–H and O–H groups in total. The van der Waals surface area contributed by atoms with E-state index in [9.17, 15) is 4.79 Å². The molecule has 1 saturated heterocycles. The van der Waals surface area contributed by atoms with E-state index in [1.54, 1.807) is 11.1 Å². The summed E-state index contributed by atoms with van der Waals surface area (Å²) in [5, 5.41) is 0. The predicted molar refractivity (Wildman–Crippen MR) is 81.8 cm³/mol. The molecule has 0 saturated carbocycles. The van der Waals surface area contributed by atoms with Gasteiger partial charge in [0.2, 0.25) is 0 Å². The van der Waals surface area contributed by atoms with E-state index in [4.69, 9.17) is 5.84 Å². The molecule has 1 aromatic heterocycles. The SMILES string of the molecule is CC(C)c1ncc(NN)c(C(=O)N(C)C2CCSC2)n1. The third kappa shape index (κ3) is 3.04. The third-order valence-electron chi connectivity index (χ3n) is 3.46. The van der Waals surface area contributed by atoms with Gasteiger partial charge in [-0.2, -0.15) is 11.8 Å². The van der Waals surface area contributed by atoms with Crippen LogP contribution >= 0.6 is 11.8 Å². The van der Waals surface area contributed by atoms with Crippen molar-refractivity contribution >= 4 is 23.4 Å². The van der Waals surface area contributed by atoms with Crippen LogP contribution in [0.5, 0.6) is 0 Å². The molecule has 6 nitrogen and oxygen atoms in total. The maximum atomic E-state index is 12.6. The minimum absolute atomic E-state index is 0.102. The molecular formula is C13H21N5OS. The van der Waals surface area contributed by atoms with Crippen LogP contribution in [0.2, 0.25) is 0 Å². The molecule has 1 atom stereocenters. The second-order valence-corrected chi connectivity index (χ2v) is 6.37. The minimum atomic E-state index is -0.102. The molecule has 0 bridgehead atoms. The lowest BCUT2D eigenvalue weighted by atomic mass is 10.2. The van der Waals surface area contributed by atoms with Crippen LogP contribution in [-0.4, -0.2) is 45.4 Å². The average Bonchev–Trinajstić information content (AvgIpc) is 2.99. The number of thioether (sulfide) groups is 1. The van der Waals surface area contributed by atoms with Gasteiger partial charge in [-0.3, -0.25) is 10.6 Å². The Labute approximate surface area is 123 Å². The van der Waals surface area contributed by atoms with Gasteiger partial charge < -0.3 is 10.3 Å². The second kappa shape index (κ2) is 6.41. The van der Waals surface area contributed by atoms with Gasteiger partial charge in [0.1, 0.15) is 5.82 Å². The lowest BCUT2D eigenvalue weighted by Crippen LogP contribution is -2.38. The maximum absolute atomic E-state index is 12.6. The smallest absolute Gasteiger partial charge is 0.274 e. The summed E-state index contributed by atoms with van der Waals surface area (Å²) in [6, 6.07) is 0.274. The molecule has 1 aromatic rings. The highest BCUT2D eigenvalue weighted by Crippen LogP contribution is 2.24. The average molecular weight is 295 g/mol. The van der Waals surface area contributed by atoms with Gasteiger partial charge in [-0.15, -0.1) is 0 Å². The van der Waals surface area contributed by atoms with Crippen molar-refractivity contribution in [1.82, 2.24) is 14.9 Å². The van der Waals surface area contributed by atoms with Crippen LogP contribution in [-0.2, 0) is 0 Å². The summed E-state index contributed by atoms with van der Waals surface area (Å²) in [6.45, 7) is 3.99. The second-order valence-electron chi connectivity index (χ2n) is 5.22. The number of hydrogen-bond acceptors (Lipinski definition) is 6. The number of nitrogen functional groups attached to an aromatic ring is 1. The van der Waals surface area contributed by atoms with Gasteiger partial charge in [0.15, 0.2) is 5.69 Å². The molecule has 1 aliphatic heterocycles. The quantitative estimate of drug-likeness (QED) is 0.646. The number of nitrogens with two attached hydrogens (primary N) is 1. The standard InChI is InChI=1S/C13H21N5OS/c1-8(2)12-15-6-10(17-14)11(16-12)13(19)18(3)9-4-5-20-7-9/h6,8-9,17H,4-5,7,14H2,1-3H3. The van der Waals surface area contributed by atoms with E-state index in [1.807, 2.05) is 32.7 Å². The summed E-state index contributed by atoms with van der Waals surface area (Å²) in [6.07, 6.45) is 2.60. The van der Waals surface area contributed by atoms with Crippen LogP contribution < -0.4 is 11.3 Å². The van der Waals surface area contributed by atoms with E-state index >= 15 is 0 Å². The molecule has 1 aliphatic rings. The molecular weight excluding hydrogens is 274 g/mol. The number of anilines is 1. The van der Waals surface area contributed by atoms with Crippen LogP contribution in [0.25, 0.3) is 0 Å². The van der Waals surface area contributed by atoms with E-state index in [1.165, 1.54) is 0 Å². The topological polar surface area (TPSA) is 84.1 Å². The van der Waals surface area contributed by atoms with E-state index in [0.717, 1.165) is 17.9 Å². The molecule has 2 rings (SSSR count). The van der Waals surface area contributed by atoms with Gasteiger partial charge in [-0.1, -0.05) is 13.8 Å². The molecule has 7 heteroatoms. The fraction of sp³-hybridized carbons (Fsp3) is 0.615. The van der Waals surface area contributed by atoms with Crippen molar-refractivity contribution in [2.24, 2.45) is 5.84 Å². The Morgan fingerprint density at radius 1 is 1.60 bits per heavy atom. The Balaban J connectivity index is 2.29. The van der Waals surface area contributed by atoms with E-state index in [0.29, 0.717) is 17.2 Å². The van der Waals surface area contributed by atoms with Gasteiger partial charge in [0.25, 0.3) is 5.91 Å². The van der Waals surface area contributed by atoms with Gasteiger partial charge in [0.05, 0.1) is 11.9 Å². The van der Waals surface area contributed by atoms with Crippen LogP contribution in [0, 0.1) is 0 Å². The molecule has 2 heterocycles. The van der Waals surface area contributed by atoms with E-state index in [2.05, 4.69) is 15.4 Å². The number of nitrogens with one attached hydrogen (secondary N) is 1. The van der Waals surface area contributed by atoms with Crippen LogP contribution in [0.1, 0.15) is 42.5 Å². The molecule has 1 fully saturated rings. The monoisotopic (exact) mass is 295 g/mol. The summed E-state index contributed by atoms with van der Waals surface area (Å²) in [7, 11) is 1.83. The summed E-state index contributed by atoms with van der Waals surface area (Å²) in [4.78, 5) is 23.0. The van der Waals surface area contributed by atoms with Crippen LogP contribution in [0.4, 0.5) is 5.69 Å². The number of aromatic nitrogens is 2. The Morgan fingerprint density at radius 3 is 2.90 bits per heavy atom. The lowest BCUT2D eigenvalue weighted by Gasteiger charge is -2.24. The molecule has 0 aliphatic carbocycles. The number of hydrogen-bond donors (Lipinski definition) is 2. The number of carbonyl (C=O) groups excluding carboxylic acids is 1. The number of nitrogens with zero attached hydrogens (tertiary/aromatic N) is 3. The zero-order chi connectivity index (χ0) is 14.7. The highest BCUT2D eigenvalue weighted by molar-refractivity contribution is 7.99. The molecule has 0 spiro atoms. The van der Waals surface area contributed by atoms with Crippen LogP contribution in [0.3, 0.4) is 0 Å². The van der Waals surface area contributed by atoms with Gasteiger partial charge in [-0.05, 0) is 12.2 Å². The highest BCUT2D eigenvalue weighted by atomic mass is 32.2. The van der Waals surface area contributed by atoms with E-state index < -0.39 is 0 Å². The Kier molecular flexibility index (Phi) is 4.82. The van der Waals surface area contributed by atoms with Gasteiger partial charge >= 0.3 is 0 Å². The molecule has 0 aromatic carbocycles. The zero-order valence-corrected chi connectivity index (χ0v) is 12.9. The molecule has 1 unspecified atom stereocenters. The summed E-state index contributed by atoms with van der Waals surface area (Å²) in [5.41, 5.74) is 3.33. The maximum Gasteiger partial charge on any atom is 0.274 e. The molecule has 0 radical (unpaired) electrons. The van der Waals surface area contributed by atoms with Crippen molar-refractivity contribution in [2.75, 3.05) is 24.0 Å². The summed E-state index contributed by atoms with van der Waals surface area (Å²) in [5.74, 6) is 8.27. The zero-order valence-electron chi connectivity index (χ0n) is 12.1. The molecule has 20 heavy (non-hydrogen) atoms. The first-order valence-corrected chi connectivity index (χ1v) is 7.88. The van der Waals surface area contributed by atoms with Crippen molar-refractivity contribution in [1.29, 1.82) is 0 Å². The summed E-state index contributed by atoms with van der Waals surface area (Å²) >= 11 is 1.87. The van der Waals surface area contributed by atoms with E-state index in [-0.39, 0.29) is 17.9 Å². The lowest BCUT2D eigenvalue weighted by molar-refractivity contribution is 0.0742. The summed E-state index contributed by atoms with van der Waals surface area (Å²) < 4.78 is 0. The number of hydrazine groups is 1. The first-order valence-electron chi connectivity index (χ1n) is 6.73.